The molecular formula is C50H29N5. The number of nitrogens with zero attached hydrogens (tertiary/aromatic N) is 5. The van der Waals surface area contributed by atoms with Crippen LogP contribution in [-0.2, 0) is 0 Å². The second kappa shape index (κ2) is 11.8. The third-order valence-electron chi connectivity index (χ3n) is 11.1. The van der Waals surface area contributed by atoms with Gasteiger partial charge < -0.3 is 13.7 Å². The third kappa shape index (κ3) is 4.51. The normalized spacial score (nSPS) is 11.6. The Bertz CT molecular complexity index is 3360. The number of para-hydroxylation sites is 4. The average Bonchev–Trinajstić information content (AvgIpc) is 3.88. The monoisotopic (exact) mass is 699 g/mol. The van der Waals surface area contributed by atoms with E-state index in [9.17, 15) is 5.26 Å². The lowest BCUT2D eigenvalue weighted by Gasteiger charge is -2.14. The molecule has 5 heteroatoms. The molecule has 0 aliphatic carbocycles. The molecule has 11 aromatic rings. The number of rotatable bonds is 4. The zero-order valence-electron chi connectivity index (χ0n) is 29.5. The van der Waals surface area contributed by atoms with Gasteiger partial charge in [0.2, 0.25) is 0 Å². The molecule has 8 aromatic carbocycles. The van der Waals surface area contributed by atoms with Crippen molar-refractivity contribution in [2.45, 2.75) is 0 Å². The molecule has 3 aromatic heterocycles. The minimum atomic E-state index is 0.605. The molecule has 0 atom stereocenters. The van der Waals surface area contributed by atoms with Gasteiger partial charge in [0.05, 0.1) is 51.3 Å². The molecular weight excluding hydrogens is 671 g/mol. The van der Waals surface area contributed by atoms with E-state index in [4.69, 9.17) is 6.57 Å². The largest absolute Gasteiger partial charge is 0.309 e. The van der Waals surface area contributed by atoms with E-state index >= 15 is 0 Å². The summed E-state index contributed by atoms with van der Waals surface area (Å²) in [5, 5.41) is 17.5. The van der Waals surface area contributed by atoms with Gasteiger partial charge in [0.25, 0.3) is 0 Å². The second-order valence-corrected chi connectivity index (χ2v) is 14.0. The Morgan fingerprint density at radius 3 is 1.47 bits per heavy atom. The van der Waals surface area contributed by atoms with Gasteiger partial charge in [-0.15, -0.1) is 0 Å². The zero-order valence-corrected chi connectivity index (χ0v) is 29.5. The molecule has 0 bridgehead atoms. The lowest BCUT2D eigenvalue weighted by atomic mass is 9.99. The van der Waals surface area contributed by atoms with Crippen LogP contribution in [0.1, 0.15) is 5.56 Å². The van der Waals surface area contributed by atoms with Crippen LogP contribution in [0.3, 0.4) is 0 Å². The summed E-state index contributed by atoms with van der Waals surface area (Å²) in [4.78, 5) is 3.77. The van der Waals surface area contributed by atoms with Crippen LogP contribution in [0.15, 0.2) is 176 Å². The smallest absolute Gasteiger partial charge is 0.188 e. The minimum Gasteiger partial charge on any atom is -0.309 e. The van der Waals surface area contributed by atoms with E-state index in [1.54, 1.807) is 0 Å². The van der Waals surface area contributed by atoms with Crippen LogP contribution in [-0.4, -0.2) is 13.7 Å². The Hall–Kier alpha value is -7.86. The van der Waals surface area contributed by atoms with Crippen LogP contribution < -0.4 is 0 Å². The predicted octanol–water partition coefficient (Wildman–Crippen LogP) is 13.1. The molecule has 0 aliphatic rings. The highest BCUT2D eigenvalue weighted by Crippen LogP contribution is 2.39. The number of hydrogen-bond acceptors (Lipinski definition) is 1. The minimum absolute atomic E-state index is 0.605. The van der Waals surface area contributed by atoms with Gasteiger partial charge in [-0.2, -0.15) is 5.26 Å². The Kier molecular flexibility index (Phi) is 6.61. The standard InChI is InChI=1S/C50H29N5/c1-52-34-21-26-49-44(29-34)43-25-23-37(54-47-19-8-4-15-41(47)42-16-5-9-20-48(42)54)30-50(43)55(49)35-12-10-11-32(27-35)38-24-22-36(28-33(38)31-51)53-45-17-6-2-13-39(45)40-14-3-7-18-46(40)53/h2-30H. The summed E-state index contributed by atoms with van der Waals surface area (Å²) in [6, 6.07) is 63.7. The van der Waals surface area contributed by atoms with Gasteiger partial charge in [0, 0.05) is 44.0 Å². The van der Waals surface area contributed by atoms with Crippen molar-refractivity contribution < 1.29 is 0 Å². The fourth-order valence-electron chi connectivity index (χ4n) is 8.71. The summed E-state index contributed by atoms with van der Waals surface area (Å²) in [6.07, 6.45) is 0. The molecule has 0 aliphatic heterocycles. The van der Waals surface area contributed by atoms with Gasteiger partial charge in [-0.05, 0) is 89.3 Å². The highest BCUT2D eigenvalue weighted by Gasteiger charge is 2.19. The molecule has 0 amide bonds. The van der Waals surface area contributed by atoms with Crippen molar-refractivity contribution >= 4 is 71.1 Å². The third-order valence-corrected chi connectivity index (χ3v) is 11.1. The zero-order chi connectivity index (χ0) is 36.6. The Balaban J connectivity index is 1.11. The summed E-state index contributed by atoms with van der Waals surface area (Å²) in [5.74, 6) is 0. The molecule has 11 rings (SSSR count). The van der Waals surface area contributed by atoms with Crippen molar-refractivity contribution in [3.63, 3.8) is 0 Å². The molecule has 254 valence electrons. The molecule has 55 heavy (non-hydrogen) atoms. The van der Waals surface area contributed by atoms with Crippen molar-refractivity contribution in [3.05, 3.63) is 193 Å². The SMILES string of the molecule is [C-]#[N+]c1ccc2c(c1)c1ccc(-n3c4ccccc4c4ccccc43)cc1n2-c1cccc(-c2ccc(-n3c4ccccc4c4ccccc43)cc2C#N)c1. The van der Waals surface area contributed by atoms with Crippen molar-refractivity contribution in [2.75, 3.05) is 0 Å². The lowest BCUT2D eigenvalue weighted by Crippen LogP contribution is -1.98. The second-order valence-electron chi connectivity index (χ2n) is 14.0. The van der Waals surface area contributed by atoms with Gasteiger partial charge in [-0.3, -0.25) is 0 Å². The Labute approximate surface area is 316 Å². The van der Waals surface area contributed by atoms with E-state index in [1.165, 1.54) is 21.5 Å². The van der Waals surface area contributed by atoms with Crippen LogP contribution >= 0.6 is 0 Å². The Morgan fingerprint density at radius 1 is 0.400 bits per heavy atom. The van der Waals surface area contributed by atoms with Gasteiger partial charge in [-0.25, -0.2) is 4.85 Å². The summed E-state index contributed by atoms with van der Waals surface area (Å²) in [5.41, 5.74) is 12.6. The first-order chi connectivity index (χ1) is 27.2. The van der Waals surface area contributed by atoms with E-state index in [0.717, 1.165) is 72.1 Å². The van der Waals surface area contributed by atoms with Crippen molar-refractivity contribution in [1.29, 1.82) is 5.26 Å². The number of nitriles is 1. The topological polar surface area (TPSA) is 42.9 Å². The highest BCUT2D eigenvalue weighted by molar-refractivity contribution is 6.13. The van der Waals surface area contributed by atoms with E-state index in [0.29, 0.717) is 11.3 Å². The number of hydrogen-bond donors (Lipinski definition) is 0. The van der Waals surface area contributed by atoms with Crippen molar-refractivity contribution in [2.24, 2.45) is 0 Å². The van der Waals surface area contributed by atoms with Gasteiger partial charge >= 0.3 is 0 Å². The fraction of sp³-hybridized carbons (Fsp3) is 0. The van der Waals surface area contributed by atoms with Gasteiger partial charge in [0.1, 0.15) is 0 Å². The maximum atomic E-state index is 10.6. The molecule has 0 spiro atoms. The number of aromatic nitrogens is 3. The molecule has 0 unspecified atom stereocenters. The van der Waals surface area contributed by atoms with Gasteiger partial charge in [-0.1, -0.05) is 103 Å². The quantitative estimate of drug-likeness (QED) is 0.169. The maximum absolute atomic E-state index is 10.6. The van der Waals surface area contributed by atoms with Crippen molar-refractivity contribution in [1.82, 2.24) is 13.7 Å². The van der Waals surface area contributed by atoms with E-state index in [2.05, 4.69) is 182 Å². The summed E-state index contributed by atoms with van der Waals surface area (Å²) < 4.78 is 6.87. The molecule has 5 nitrogen and oxygen atoms in total. The maximum Gasteiger partial charge on any atom is 0.188 e. The summed E-state index contributed by atoms with van der Waals surface area (Å²) >= 11 is 0. The number of benzene rings is 8. The molecule has 0 saturated heterocycles. The molecule has 0 saturated carbocycles. The molecule has 3 heterocycles. The van der Waals surface area contributed by atoms with Gasteiger partial charge in [0.15, 0.2) is 5.69 Å². The molecule has 0 fully saturated rings. The van der Waals surface area contributed by atoms with E-state index in [-0.39, 0.29) is 0 Å². The van der Waals surface area contributed by atoms with Crippen LogP contribution in [0.4, 0.5) is 5.69 Å². The van der Waals surface area contributed by atoms with Crippen LogP contribution in [0, 0.1) is 17.9 Å². The molecule has 0 N–H and O–H groups in total. The van der Waals surface area contributed by atoms with Crippen LogP contribution in [0.5, 0.6) is 0 Å². The Morgan fingerprint density at radius 2 is 0.891 bits per heavy atom. The van der Waals surface area contributed by atoms with Crippen LogP contribution in [0.2, 0.25) is 0 Å². The first kappa shape index (κ1) is 30.7. The van der Waals surface area contributed by atoms with E-state index < -0.39 is 0 Å². The predicted molar refractivity (Wildman–Crippen MR) is 226 cm³/mol. The van der Waals surface area contributed by atoms with Crippen molar-refractivity contribution in [3.8, 4) is 34.3 Å². The molecule has 0 radical (unpaired) electrons. The summed E-state index contributed by atoms with van der Waals surface area (Å²) in [6.45, 7) is 7.77. The highest BCUT2D eigenvalue weighted by atomic mass is 15.0. The first-order valence-electron chi connectivity index (χ1n) is 18.3. The van der Waals surface area contributed by atoms with E-state index in [1.807, 2.05) is 18.2 Å². The number of fused-ring (bicyclic) bond motifs is 9. The summed E-state index contributed by atoms with van der Waals surface area (Å²) in [7, 11) is 0. The lowest BCUT2D eigenvalue weighted by molar-refractivity contribution is 1.15. The van der Waals surface area contributed by atoms with Crippen LogP contribution in [0.25, 0.3) is 98.5 Å². The first-order valence-corrected chi connectivity index (χ1v) is 18.3. The fourth-order valence-corrected chi connectivity index (χ4v) is 8.71. The average molecular weight is 700 g/mol.